The maximum atomic E-state index is 14.7. The van der Waals surface area contributed by atoms with Crippen molar-refractivity contribution in [2.75, 3.05) is 11.9 Å². The fraction of sp³-hybridized carbons (Fsp3) is 0.364. The molecule has 11 heteroatoms. The van der Waals surface area contributed by atoms with Gasteiger partial charge in [0.1, 0.15) is 17.6 Å². The van der Waals surface area contributed by atoms with Gasteiger partial charge in [0.25, 0.3) is 5.91 Å². The lowest BCUT2D eigenvalue weighted by atomic mass is 9.74. The third-order valence-corrected chi connectivity index (χ3v) is 5.89. The third-order valence-electron chi connectivity index (χ3n) is 5.89. The molecule has 0 saturated carbocycles. The number of benzene rings is 1. The summed E-state index contributed by atoms with van der Waals surface area (Å²) in [7, 11) is 0. The molecule has 1 fully saturated rings. The molecule has 0 bridgehead atoms. The van der Waals surface area contributed by atoms with E-state index >= 15 is 0 Å². The van der Waals surface area contributed by atoms with Crippen molar-refractivity contribution in [3.8, 4) is 6.07 Å². The van der Waals surface area contributed by atoms with E-state index in [0.717, 1.165) is 6.07 Å². The normalized spacial score (nSPS) is 24.5. The van der Waals surface area contributed by atoms with Gasteiger partial charge in [-0.25, -0.2) is 9.37 Å². The molecule has 33 heavy (non-hydrogen) atoms. The SMILES string of the molecule is N#Cc1ccc(C(=O)Nc2ccc(F)c(C[C@@]34CO[C@@H](C(F)(F)F)[C@@H]3CCC(N)=N4)c2)nc1. The van der Waals surface area contributed by atoms with Crippen LogP contribution in [0.5, 0.6) is 0 Å². The molecule has 1 aromatic heterocycles. The van der Waals surface area contributed by atoms with Crippen molar-refractivity contribution in [1.82, 2.24) is 4.98 Å². The van der Waals surface area contributed by atoms with Gasteiger partial charge in [-0.05, 0) is 42.3 Å². The van der Waals surface area contributed by atoms with Crippen LogP contribution in [0.3, 0.4) is 0 Å². The molecule has 0 aliphatic carbocycles. The summed E-state index contributed by atoms with van der Waals surface area (Å²) in [4.78, 5) is 20.7. The third kappa shape index (κ3) is 4.52. The van der Waals surface area contributed by atoms with Crippen molar-refractivity contribution in [2.24, 2.45) is 16.6 Å². The zero-order chi connectivity index (χ0) is 23.8. The Morgan fingerprint density at radius 3 is 2.79 bits per heavy atom. The van der Waals surface area contributed by atoms with Crippen molar-refractivity contribution in [3.05, 3.63) is 59.2 Å². The number of halogens is 4. The molecule has 1 aromatic carbocycles. The first-order valence-electron chi connectivity index (χ1n) is 10.1. The molecule has 2 aliphatic heterocycles. The summed E-state index contributed by atoms with van der Waals surface area (Å²) in [6, 6.07) is 8.50. The fourth-order valence-corrected chi connectivity index (χ4v) is 4.37. The van der Waals surface area contributed by atoms with Gasteiger partial charge in [0.05, 0.1) is 23.5 Å². The highest BCUT2D eigenvalue weighted by Gasteiger charge is 2.60. The Morgan fingerprint density at radius 2 is 2.12 bits per heavy atom. The number of carbonyl (C=O) groups excluding carboxylic acids is 1. The summed E-state index contributed by atoms with van der Waals surface area (Å²) in [5.41, 5.74) is 5.13. The van der Waals surface area contributed by atoms with Crippen LogP contribution >= 0.6 is 0 Å². The Hall–Kier alpha value is -3.52. The number of pyridine rings is 1. The van der Waals surface area contributed by atoms with Crippen LogP contribution in [-0.4, -0.2) is 41.2 Å². The van der Waals surface area contributed by atoms with Crippen molar-refractivity contribution in [3.63, 3.8) is 0 Å². The lowest BCUT2D eigenvalue weighted by Crippen LogP contribution is -2.48. The van der Waals surface area contributed by atoms with Crippen LogP contribution in [0.4, 0.5) is 23.2 Å². The fourth-order valence-electron chi connectivity index (χ4n) is 4.37. The van der Waals surface area contributed by atoms with E-state index < -0.39 is 35.5 Å². The van der Waals surface area contributed by atoms with Gasteiger partial charge < -0.3 is 15.8 Å². The molecule has 0 unspecified atom stereocenters. The lowest BCUT2D eigenvalue weighted by Gasteiger charge is -2.36. The molecular weight excluding hydrogens is 442 g/mol. The zero-order valence-corrected chi connectivity index (χ0v) is 17.2. The highest BCUT2D eigenvalue weighted by atomic mass is 19.4. The number of alkyl halides is 3. The van der Waals surface area contributed by atoms with Crippen LogP contribution < -0.4 is 11.1 Å². The summed E-state index contributed by atoms with van der Waals surface area (Å²) in [5.74, 6) is -2.03. The number of carbonyl (C=O) groups is 1. The number of hydrogen-bond donors (Lipinski definition) is 2. The Bertz CT molecular complexity index is 1140. The van der Waals surface area contributed by atoms with Crippen molar-refractivity contribution in [1.29, 1.82) is 5.26 Å². The number of amidine groups is 1. The largest absolute Gasteiger partial charge is 0.414 e. The number of amides is 1. The van der Waals surface area contributed by atoms with Crippen LogP contribution in [0.2, 0.25) is 0 Å². The number of anilines is 1. The molecule has 2 aromatic rings. The minimum absolute atomic E-state index is 0.0420. The van der Waals surface area contributed by atoms with Gasteiger partial charge in [-0.1, -0.05) is 0 Å². The summed E-state index contributed by atoms with van der Waals surface area (Å²) < 4.78 is 60.2. The summed E-state index contributed by atoms with van der Waals surface area (Å²) in [5, 5.41) is 11.4. The van der Waals surface area contributed by atoms with Crippen LogP contribution in [0.15, 0.2) is 41.5 Å². The number of nitrogens with one attached hydrogen (secondary N) is 1. The first-order chi connectivity index (χ1) is 15.6. The Balaban J connectivity index is 1.59. The molecular formula is C22H19F4N5O2. The standard InChI is InChI=1S/C22H19F4N5O2/c23-16-4-2-14(30-20(32)17-5-1-12(9-27)10-29-17)7-13(16)8-21-11-33-19(22(24,25)26)15(21)3-6-18(28)31-21/h1-2,4-5,7,10,15,19H,3,6,8,11H2,(H2,28,31)(H,30,32)/t15-,19+,21+/m0/s1. The van der Waals surface area contributed by atoms with Crippen molar-refractivity contribution in [2.45, 2.75) is 37.1 Å². The molecule has 172 valence electrons. The van der Waals surface area contributed by atoms with Crippen LogP contribution in [0.1, 0.15) is 34.5 Å². The molecule has 1 saturated heterocycles. The Kier molecular flexibility index (Phi) is 5.80. The monoisotopic (exact) mass is 461 g/mol. The minimum Gasteiger partial charge on any atom is -0.387 e. The van der Waals surface area contributed by atoms with Gasteiger partial charge in [-0.15, -0.1) is 0 Å². The quantitative estimate of drug-likeness (QED) is 0.678. The van der Waals surface area contributed by atoms with Crippen molar-refractivity contribution >= 4 is 17.4 Å². The molecule has 0 spiro atoms. The van der Waals surface area contributed by atoms with E-state index in [4.69, 9.17) is 15.7 Å². The van der Waals surface area contributed by atoms with Gasteiger partial charge in [0.15, 0.2) is 6.10 Å². The van der Waals surface area contributed by atoms with E-state index in [1.54, 1.807) is 0 Å². The second kappa shape index (κ2) is 8.44. The zero-order valence-electron chi connectivity index (χ0n) is 17.2. The lowest BCUT2D eigenvalue weighted by molar-refractivity contribution is -0.217. The van der Waals surface area contributed by atoms with Gasteiger partial charge in [0.2, 0.25) is 0 Å². The predicted molar refractivity (Wildman–Crippen MR) is 110 cm³/mol. The number of aromatic nitrogens is 1. The van der Waals surface area contributed by atoms with Gasteiger partial charge in [-0.2, -0.15) is 18.4 Å². The molecule has 7 nitrogen and oxygen atoms in total. The van der Waals surface area contributed by atoms with Crippen molar-refractivity contribution < 1.29 is 27.1 Å². The van der Waals surface area contributed by atoms with Gasteiger partial charge >= 0.3 is 6.18 Å². The molecule has 3 N–H and O–H groups in total. The number of nitriles is 1. The molecule has 4 rings (SSSR count). The summed E-state index contributed by atoms with van der Waals surface area (Å²) in [6.07, 6.45) is -5.16. The number of nitrogens with two attached hydrogens (primary N) is 1. The van der Waals surface area contributed by atoms with E-state index in [0.29, 0.717) is 0 Å². The van der Waals surface area contributed by atoms with E-state index in [9.17, 15) is 22.4 Å². The van der Waals surface area contributed by atoms with E-state index in [1.807, 2.05) is 6.07 Å². The highest BCUT2D eigenvalue weighted by Crippen LogP contribution is 2.47. The van der Waals surface area contributed by atoms with Crippen LogP contribution in [-0.2, 0) is 11.2 Å². The second-order valence-corrected chi connectivity index (χ2v) is 8.11. The molecule has 3 heterocycles. The minimum atomic E-state index is -4.57. The van der Waals surface area contributed by atoms with Gasteiger partial charge in [-0.3, -0.25) is 9.79 Å². The molecule has 0 radical (unpaired) electrons. The topological polar surface area (TPSA) is 113 Å². The molecule has 2 aliphatic rings. The van der Waals surface area contributed by atoms with E-state index in [2.05, 4.69) is 15.3 Å². The average Bonchev–Trinajstić information content (AvgIpc) is 3.14. The second-order valence-electron chi connectivity index (χ2n) is 8.11. The highest BCUT2D eigenvalue weighted by molar-refractivity contribution is 6.02. The Labute approximate surface area is 186 Å². The smallest absolute Gasteiger partial charge is 0.387 e. The van der Waals surface area contributed by atoms with E-state index in [-0.39, 0.29) is 54.2 Å². The van der Waals surface area contributed by atoms with Gasteiger partial charge in [0, 0.05) is 30.6 Å². The first kappa shape index (κ1) is 22.7. The van der Waals surface area contributed by atoms with E-state index in [1.165, 1.54) is 30.5 Å². The number of ether oxygens (including phenoxy) is 1. The number of hydrogen-bond acceptors (Lipinski definition) is 6. The first-order valence-corrected chi connectivity index (χ1v) is 10.1. The summed E-state index contributed by atoms with van der Waals surface area (Å²) in [6.45, 7) is -0.340. The number of fused-ring (bicyclic) bond motifs is 1. The maximum absolute atomic E-state index is 14.7. The molecule has 3 atom stereocenters. The Morgan fingerprint density at radius 1 is 1.33 bits per heavy atom. The average molecular weight is 461 g/mol. The summed E-state index contributed by atoms with van der Waals surface area (Å²) >= 11 is 0. The maximum Gasteiger partial charge on any atom is 0.414 e. The van der Waals surface area contributed by atoms with Crippen LogP contribution in [0.25, 0.3) is 0 Å². The molecule has 1 amide bonds. The predicted octanol–water partition coefficient (Wildman–Crippen LogP) is 3.35. The number of aliphatic imine (C=N–C) groups is 1. The number of rotatable bonds is 4. The number of nitrogens with zero attached hydrogens (tertiary/aromatic N) is 3. The van der Waals surface area contributed by atoms with Crippen LogP contribution in [0, 0.1) is 23.1 Å².